The molecule has 0 radical (unpaired) electrons. The number of rotatable bonds is 10. The van der Waals surface area contributed by atoms with Gasteiger partial charge in [0.05, 0.1) is 26.0 Å². The van der Waals surface area contributed by atoms with Gasteiger partial charge in [-0.2, -0.15) is 3.89 Å². The minimum absolute atomic E-state index is 0.135. The van der Waals surface area contributed by atoms with E-state index in [1.807, 2.05) is 0 Å². The summed E-state index contributed by atoms with van der Waals surface area (Å²) in [7, 11) is 1.54. The number of methoxy groups -OCH3 is 1. The molecule has 0 spiro atoms. The Morgan fingerprint density at radius 3 is 2.56 bits per heavy atom. The van der Waals surface area contributed by atoms with Gasteiger partial charge >= 0.3 is 0 Å². The number of halogens is 2. The lowest BCUT2D eigenvalue weighted by molar-refractivity contribution is -0.116. The van der Waals surface area contributed by atoms with Crippen LogP contribution in [0, 0.1) is 5.82 Å². The van der Waals surface area contributed by atoms with Gasteiger partial charge in [-0.25, -0.2) is 9.37 Å². The van der Waals surface area contributed by atoms with E-state index in [4.69, 9.17) is 14.2 Å². The zero-order valence-corrected chi connectivity index (χ0v) is 18.4. The fourth-order valence-electron chi connectivity index (χ4n) is 2.95. The molecule has 0 saturated heterocycles. The van der Waals surface area contributed by atoms with Crippen LogP contribution in [-0.4, -0.2) is 30.4 Å². The molecule has 0 atom stereocenters. The van der Waals surface area contributed by atoms with E-state index in [1.54, 1.807) is 30.3 Å². The van der Waals surface area contributed by atoms with Crippen LogP contribution < -0.4 is 19.1 Å². The average Bonchev–Trinajstić information content (AvgIpc) is 2.80. The smallest absolute Gasteiger partial charge is 0.243 e. The average molecular weight is 461 g/mol. The molecule has 0 saturated carbocycles. The van der Waals surface area contributed by atoms with Gasteiger partial charge in [-0.05, 0) is 54.6 Å². The molecule has 168 valence electrons. The molecular formula is C23H22F2N2O4S. The summed E-state index contributed by atoms with van der Waals surface area (Å²) < 4.78 is 42.5. The third kappa shape index (κ3) is 6.10. The molecule has 2 aromatic carbocycles. The Morgan fingerprint density at radius 1 is 1.12 bits per heavy atom. The minimum atomic E-state index is -0.388. The molecule has 3 rings (SSSR count). The van der Waals surface area contributed by atoms with Gasteiger partial charge in [0.2, 0.25) is 11.8 Å². The van der Waals surface area contributed by atoms with Crippen molar-refractivity contribution in [3.05, 3.63) is 72.2 Å². The maximum absolute atomic E-state index is 13.2. The van der Waals surface area contributed by atoms with Gasteiger partial charge in [0, 0.05) is 30.8 Å². The van der Waals surface area contributed by atoms with E-state index < -0.39 is 0 Å². The topological polar surface area (TPSA) is 60.9 Å². The molecular weight excluding hydrogens is 438 g/mol. The van der Waals surface area contributed by atoms with Crippen molar-refractivity contribution in [3.8, 4) is 23.1 Å². The Bertz CT molecular complexity index is 1050. The molecule has 0 aliphatic rings. The molecule has 0 bridgehead atoms. The highest BCUT2D eigenvalue weighted by atomic mass is 32.2. The number of amides is 1. The summed E-state index contributed by atoms with van der Waals surface area (Å²) >= 11 is 0.191. The molecule has 32 heavy (non-hydrogen) atoms. The highest BCUT2D eigenvalue weighted by Gasteiger charge is 2.20. The standard InChI is InChI=1S/C23H22F2N2O4S/c1-16(28)27(15-17-14-20(29-2)9-10-22(17)30-12-13-32-25)21-4-3-11-26-23(21)31-19-7-5-18(24)6-8-19/h3-11,14H,12-13,15H2,1-2H3. The van der Waals surface area contributed by atoms with Crippen LogP contribution in [0.1, 0.15) is 12.5 Å². The maximum Gasteiger partial charge on any atom is 0.243 e. The van der Waals surface area contributed by atoms with Crippen LogP contribution in [0.15, 0.2) is 60.8 Å². The zero-order valence-electron chi connectivity index (χ0n) is 17.6. The van der Waals surface area contributed by atoms with Crippen molar-refractivity contribution >= 4 is 23.7 Å². The van der Waals surface area contributed by atoms with Crippen LogP contribution >= 0.6 is 12.1 Å². The number of nitrogens with zero attached hydrogens (tertiary/aromatic N) is 2. The van der Waals surface area contributed by atoms with Crippen molar-refractivity contribution in [1.82, 2.24) is 4.98 Å². The summed E-state index contributed by atoms with van der Waals surface area (Å²) in [4.78, 5) is 18.3. The Labute approximate surface area is 189 Å². The number of hydrogen-bond donors (Lipinski definition) is 0. The maximum atomic E-state index is 13.2. The van der Waals surface area contributed by atoms with Gasteiger partial charge < -0.3 is 19.1 Å². The predicted molar refractivity (Wildman–Crippen MR) is 120 cm³/mol. The highest BCUT2D eigenvalue weighted by Crippen LogP contribution is 2.33. The fourth-order valence-corrected chi connectivity index (χ4v) is 3.09. The first kappa shape index (κ1) is 23.3. The molecule has 9 heteroatoms. The summed E-state index contributed by atoms with van der Waals surface area (Å²) in [5, 5.41) is 0. The molecule has 3 aromatic rings. The first-order valence-electron chi connectivity index (χ1n) is 9.71. The number of pyridine rings is 1. The van der Waals surface area contributed by atoms with E-state index in [9.17, 15) is 13.1 Å². The number of anilines is 1. The van der Waals surface area contributed by atoms with Gasteiger partial charge in [-0.1, -0.05) is 0 Å². The Hall–Kier alpha value is -3.33. The van der Waals surface area contributed by atoms with Crippen molar-refractivity contribution in [2.45, 2.75) is 13.5 Å². The molecule has 0 aliphatic carbocycles. The lowest BCUT2D eigenvalue weighted by atomic mass is 10.1. The van der Waals surface area contributed by atoms with Gasteiger partial charge in [-0.3, -0.25) is 4.79 Å². The normalized spacial score (nSPS) is 10.5. The summed E-state index contributed by atoms with van der Waals surface area (Å²) in [5.41, 5.74) is 1.09. The first-order valence-corrected chi connectivity index (χ1v) is 10.6. The number of aromatic nitrogens is 1. The van der Waals surface area contributed by atoms with Crippen molar-refractivity contribution < 1.29 is 27.3 Å². The summed E-state index contributed by atoms with van der Waals surface area (Å²) in [6, 6.07) is 14.1. The third-order valence-corrected chi connectivity index (χ3v) is 4.79. The Balaban J connectivity index is 1.93. The number of ether oxygens (including phenoxy) is 3. The van der Waals surface area contributed by atoms with Crippen LogP contribution in [0.2, 0.25) is 0 Å². The number of benzene rings is 2. The lowest BCUT2D eigenvalue weighted by Crippen LogP contribution is -2.28. The quantitative estimate of drug-likeness (QED) is 0.369. The molecule has 0 fully saturated rings. The largest absolute Gasteiger partial charge is 0.497 e. The third-order valence-electron chi connectivity index (χ3n) is 4.46. The van der Waals surface area contributed by atoms with Crippen molar-refractivity contribution in [3.63, 3.8) is 0 Å². The van der Waals surface area contributed by atoms with E-state index in [-0.39, 0.29) is 48.7 Å². The molecule has 0 aliphatic heterocycles. The minimum Gasteiger partial charge on any atom is -0.497 e. The van der Waals surface area contributed by atoms with Crippen LogP contribution in [0.3, 0.4) is 0 Å². The second-order valence-corrected chi connectivity index (χ2v) is 7.25. The van der Waals surface area contributed by atoms with E-state index >= 15 is 0 Å². The highest BCUT2D eigenvalue weighted by molar-refractivity contribution is 7.94. The molecule has 0 N–H and O–H groups in total. The summed E-state index contributed by atoms with van der Waals surface area (Å²) in [6.45, 7) is 1.73. The SMILES string of the molecule is COc1ccc(OCCSF)c(CN(C(C)=O)c2cccnc2Oc2ccc(F)cc2)c1. The molecule has 1 heterocycles. The van der Waals surface area contributed by atoms with Crippen molar-refractivity contribution in [2.75, 3.05) is 24.4 Å². The Kier molecular flexibility index (Phi) is 8.27. The summed E-state index contributed by atoms with van der Waals surface area (Å²) in [6.07, 6.45) is 1.54. The van der Waals surface area contributed by atoms with Crippen LogP contribution in [0.25, 0.3) is 0 Å². The molecule has 6 nitrogen and oxygen atoms in total. The number of carbonyl (C=O) groups is 1. The van der Waals surface area contributed by atoms with Crippen LogP contribution in [0.4, 0.5) is 14.0 Å². The summed E-state index contributed by atoms with van der Waals surface area (Å²) in [5.74, 6) is 1.20. The molecule has 0 unspecified atom stereocenters. The van der Waals surface area contributed by atoms with Crippen LogP contribution in [0.5, 0.6) is 23.1 Å². The van der Waals surface area contributed by atoms with Gasteiger partial charge in [0.15, 0.2) is 0 Å². The van der Waals surface area contributed by atoms with Gasteiger partial charge in [0.25, 0.3) is 0 Å². The fraction of sp³-hybridized carbons (Fsp3) is 0.217. The van der Waals surface area contributed by atoms with E-state index in [0.29, 0.717) is 28.5 Å². The lowest BCUT2D eigenvalue weighted by Gasteiger charge is -2.24. The van der Waals surface area contributed by atoms with E-state index in [0.717, 1.165) is 0 Å². The van der Waals surface area contributed by atoms with Crippen molar-refractivity contribution in [1.29, 1.82) is 0 Å². The zero-order chi connectivity index (χ0) is 22.9. The van der Waals surface area contributed by atoms with E-state index in [2.05, 4.69) is 4.98 Å². The van der Waals surface area contributed by atoms with Gasteiger partial charge in [0.1, 0.15) is 28.8 Å². The predicted octanol–water partition coefficient (Wildman–Crippen LogP) is 5.57. The molecule has 1 amide bonds. The second-order valence-electron chi connectivity index (χ2n) is 6.62. The Morgan fingerprint density at radius 2 is 1.88 bits per heavy atom. The second kappa shape index (κ2) is 11.3. The first-order chi connectivity index (χ1) is 15.5. The van der Waals surface area contributed by atoms with E-state index in [1.165, 1.54) is 49.4 Å². The van der Waals surface area contributed by atoms with Crippen LogP contribution in [-0.2, 0) is 11.3 Å². The molecule has 1 aromatic heterocycles. The van der Waals surface area contributed by atoms with Gasteiger partial charge in [-0.15, -0.1) is 0 Å². The van der Waals surface area contributed by atoms with Crippen molar-refractivity contribution in [2.24, 2.45) is 0 Å². The number of hydrogen-bond acceptors (Lipinski definition) is 6. The monoisotopic (exact) mass is 460 g/mol. The number of carbonyl (C=O) groups excluding carboxylic acids is 1.